The Hall–Kier alpha value is -6.63. The number of hydrogen-bond acceptors (Lipinski definition) is 20. The first-order valence-corrected chi connectivity index (χ1v) is 22.8. The maximum atomic E-state index is 14.4. The highest BCUT2D eigenvalue weighted by Crippen LogP contribution is 2.55. The second-order valence-electron chi connectivity index (χ2n) is 14.0. The van der Waals surface area contributed by atoms with Gasteiger partial charge in [-0.3, -0.25) is 44.8 Å². The fraction of sp³-hybridized carbons (Fsp3) is 0.390. The van der Waals surface area contributed by atoms with Gasteiger partial charge in [-0.05, 0) is 80.8 Å². The zero-order valence-electron chi connectivity index (χ0n) is 36.5. The lowest BCUT2D eigenvalue weighted by Crippen LogP contribution is -2.68. The van der Waals surface area contributed by atoms with Crippen LogP contribution in [0.4, 0.5) is 26.7 Å². The van der Waals surface area contributed by atoms with Crippen molar-refractivity contribution in [1.29, 1.82) is 0 Å². The van der Waals surface area contributed by atoms with E-state index < -0.39 is 94.1 Å². The van der Waals surface area contributed by atoms with Crippen LogP contribution in [0.15, 0.2) is 77.8 Å². The summed E-state index contributed by atoms with van der Waals surface area (Å²) in [6, 6.07) is 13.4. The van der Waals surface area contributed by atoms with Crippen molar-refractivity contribution in [1.82, 2.24) is 4.90 Å². The van der Waals surface area contributed by atoms with E-state index in [9.17, 15) is 54.3 Å². The number of nitro benzene ring substituents is 3. The van der Waals surface area contributed by atoms with Crippen LogP contribution in [0.25, 0.3) is 0 Å². The van der Waals surface area contributed by atoms with E-state index in [1.54, 1.807) is 20.8 Å². The first-order valence-electron chi connectivity index (χ1n) is 20.3. The van der Waals surface area contributed by atoms with E-state index in [2.05, 4.69) is 4.99 Å². The number of aliphatic imine (C=N–C) groups is 1. The molecular formula is C41H47N6O18PS. The highest BCUT2D eigenvalue weighted by Gasteiger charge is 2.57. The Bertz CT molecular complexity index is 2340. The van der Waals surface area contributed by atoms with Gasteiger partial charge in [-0.1, -0.05) is 11.8 Å². The van der Waals surface area contributed by atoms with Crippen molar-refractivity contribution < 1.29 is 71.3 Å². The van der Waals surface area contributed by atoms with Crippen LogP contribution < -0.4 is 5.73 Å². The predicted octanol–water partition coefficient (Wildman–Crippen LogP) is 6.41. The number of nitrogens with two attached hydrogens (primary N) is 1. The summed E-state index contributed by atoms with van der Waals surface area (Å²) in [7, 11) is -4.01. The molecule has 0 aliphatic carbocycles. The number of non-ortho nitro benzene ring substituents is 3. The molecule has 1 aliphatic heterocycles. The summed E-state index contributed by atoms with van der Waals surface area (Å²) in [6.45, 7) is 4.88. The Kier molecular flexibility index (Phi) is 20.0. The summed E-state index contributed by atoms with van der Waals surface area (Å²) in [5, 5.41) is 32.5. The van der Waals surface area contributed by atoms with Crippen molar-refractivity contribution >= 4 is 77.3 Å². The van der Waals surface area contributed by atoms with Crippen LogP contribution in [0.5, 0.6) is 0 Å². The van der Waals surface area contributed by atoms with E-state index in [1.165, 1.54) is 79.7 Å². The molecule has 26 heteroatoms. The lowest BCUT2D eigenvalue weighted by molar-refractivity contribution is -0.385. The third-order valence-electron chi connectivity index (χ3n) is 9.34. The van der Waals surface area contributed by atoms with Gasteiger partial charge in [0.1, 0.15) is 25.9 Å². The maximum Gasteiger partial charge on any atom is 0.508 e. The number of amides is 2. The third kappa shape index (κ3) is 14.9. The molecule has 3 aromatic carbocycles. The molecular weight excluding hydrogens is 928 g/mol. The van der Waals surface area contributed by atoms with Gasteiger partial charge < -0.3 is 38.3 Å². The zero-order chi connectivity index (χ0) is 49.3. The Balaban J connectivity index is 1.58. The van der Waals surface area contributed by atoms with Gasteiger partial charge >= 0.3 is 18.2 Å². The fourth-order valence-electron chi connectivity index (χ4n) is 6.26. The molecule has 24 nitrogen and oxygen atoms in total. The van der Waals surface area contributed by atoms with Gasteiger partial charge in [0.25, 0.3) is 24.6 Å². The molecule has 0 radical (unpaired) electrons. The minimum absolute atomic E-state index is 0.0814. The predicted molar refractivity (Wildman–Crippen MR) is 239 cm³/mol. The smallest absolute Gasteiger partial charge is 0.456 e. The van der Waals surface area contributed by atoms with Crippen LogP contribution in [-0.2, 0) is 66.7 Å². The van der Waals surface area contributed by atoms with Crippen molar-refractivity contribution in [3.8, 4) is 0 Å². The maximum absolute atomic E-state index is 14.4. The van der Waals surface area contributed by atoms with Crippen LogP contribution >= 0.6 is 19.3 Å². The number of β-lactam (4-membered cyclic amide) rings is 1. The van der Waals surface area contributed by atoms with E-state index in [1.807, 2.05) is 0 Å². The quantitative estimate of drug-likeness (QED) is 0.0193. The molecule has 4 rings (SSSR count). The SMILES string of the molecule is CCOP(OCC)(OCC)=C(C(=O)OCc1ccc([N+](=O)[O-])cc1)N1C(=O)C(C(C)OC(=O)OCc2ccc([N+](=O)[O-])cc2)C1CC(=O)SCC(N)C=NC(=O)OCc1ccc([N+](=O)[O-])cc1. The molecule has 1 saturated heterocycles. The summed E-state index contributed by atoms with van der Waals surface area (Å²) in [6.07, 6.45) is -2.98. The Labute approximate surface area is 386 Å². The minimum atomic E-state index is -4.01. The summed E-state index contributed by atoms with van der Waals surface area (Å²) < 4.78 is 39.4. The van der Waals surface area contributed by atoms with E-state index in [4.69, 9.17) is 38.3 Å². The van der Waals surface area contributed by atoms with Crippen molar-refractivity contribution in [2.45, 2.75) is 72.1 Å². The molecule has 0 spiro atoms. The second-order valence-corrected chi connectivity index (χ2v) is 17.2. The number of likely N-dealkylation sites (tertiary alicyclic amines) is 1. The van der Waals surface area contributed by atoms with E-state index in [0.717, 1.165) is 11.1 Å². The third-order valence-corrected chi connectivity index (χ3v) is 13.1. The van der Waals surface area contributed by atoms with Crippen LogP contribution in [-0.4, -0.2) is 104 Å². The molecule has 0 aromatic heterocycles. The van der Waals surface area contributed by atoms with Crippen LogP contribution in [0, 0.1) is 36.3 Å². The van der Waals surface area contributed by atoms with Crippen LogP contribution in [0.3, 0.4) is 0 Å². The number of nitro groups is 3. The lowest BCUT2D eigenvalue weighted by Gasteiger charge is -2.49. The van der Waals surface area contributed by atoms with Gasteiger partial charge in [-0.25, -0.2) is 14.4 Å². The Morgan fingerprint density at radius 2 is 1.18 bits per heavy atom. The molecule has 4 atom stereocenters. The largest absolute Gasteiger partial charge is 0.508 e. The molecule has 360 valence electrons. The van der Waals surface area contributed by atoms with Crippen molar-refractivity contribution in [3.63, 3.8) is 0 Å². The molecule has 1 aliphatic rings. The monoisotopic (exact) mass is 974 g/mol. The number of ether oxygens (including phenoxy) is 4. The Morgan fingerprint density at radius 3 is 1.61 bits per heavy atom. The van der Waals surface area contributed by atoms with E-state index >= 15 is 0 Å². The van der Waals surface area contributed by atoms with Gasteiger partial charge in [0.05, 0.1) is 46.6 Å². The average Bonchev–Trinajstić information content (AvgIpc) is 3.30. The second kappa shape index (κ2) is 25.3. The van der Waals surface area contributed by atoms with Crippen LogP contribution in [0.1, 0.15) is 50.8 Å². The van der Waals surface area contributed by atoms with E-state index in [0.29, 0.717) is 28.5 Å². The summed E-state index contributed by atoms with van der Waals surface area (Å²) in [5.41, 5.74) is 6.26. The molecule has 2 amide bonds. The minimum Gasteiger partial charge on any atom is -0.456 e. The first kappa shape index (κ1) is 53.0. The average molecular weight is 975 g/mol. The molecule has 0 saturated carbocycles. The highest BCUT2D eigenvalue weighted by molar-refractivity contribution is 8.13. The summed E-state index contributed by atoms with van der Waals surface area (Å²) in [4.78, 5) is 104. The van der Waals surface area contributed by atoms with Gasteiger partial charge in [0.2, 0.25) is 11.3 Å². The molecule has 2 N–H and O–H groups in total. The number of rotatable bonds is 24. The van der Waals surface area contributed by atoms with Gasteiger partial charge in [-0.2, -0.15) is 4.99 Å². The molecule has 67 heavy (non-hydrogen) atoms. The highest BCUT2D eigenvalue weighted by atomic mass is 32.2. The number of thioether (sulfide) groups is 1. The molecule has 1 heterocycles. The molecule has 4 unspecified atom stereocenters. The van der Waals surface area contributed by atoms with Gasteiger partial charge in [-0.15, -0.1) is 0 Å². The number of nitrogens with zero attached hydrogens (tertiary/aromatic N) is 5. The number of esters is 1. The first-order chi connectivity index (χ1) is 31.9. The summed E-state index contributed by atoms with van der Waals surface area (Å²) in [5.74, 6) is -3.39. The molecule has 1 fully saturated rings. The normalized spacial score (nSPS) is 15.5. The summed E-state index contributed by atoms with van der Waals surface area (Å²) >= 11 is 0.703. The van der Waals surface area contributed by atoms with Gasteiger partial charge in [0.15, 0.2) is 5.12 Å². The van der Waals surface area contributed by atoms with Gasteiger partial charge in [0, 0.05) is 60.8 Å². The van der Waals surface area contributed by atoms with Crippen molar-refractivity contribution in [2.24, 2.45) is 16.6 Å². The lowest BCUT2D eigenvalue weighted by atomic mass is 9.81. The van der Waals surface area contributed by atoms with Crippen molar-refractivity contribution in [3.05, 3.63) is 120 Å². The number of benzene rings is 3. The number of carbonyl (C=O) groups is 5. The Morgan fingerprint density at radius 1 is 0.746 bits per heavy atom. The number of carbonyl (C=O) groups excluding carboxylic acids is 5. The number of hydrogen-bond donors (Lipinski definition) is 1. The zero-order valence-corrected chi connectivity index (χ0v) is 38.2. The fourth-order valence-corrected chi connectivity index (χ4v) is 9.43. The van der Waals surface area contributed by atoms with Crippen LogP contribution in [0.2, 0.25) is 0 Å². The topological polar surface area (TPSA) is 321 Å². The standard InChI is InChI=1S/C41H47N6O18PS/c1-5-62-66(63-6-2,64-7-3)38(39(50)59-22-27-8-14-31(15-9-27)45(53)54)44-34(36(37(44)49)26(4)65-41(52)61-24-29-12-18-33(19-13-29)47(57)58)20-35(48)67-25-30(42)21-43-40(51)60-23-28-10-16-32(17-11-28)46(55)56/h8-19,21,26,30,34,36H,5-7,20,22-25,42H2,1-4H3. The molecule has 0 bridgehead atoms. The van der Waals surface area contributed by atoms with E-state index in [-0.39, 0.29) is 55.8 Å². The molecule has 3 aromatic rings. The van der Waals surface area contributed by atoms with Crippen molar-refractivity contribution in [2.75, 3.05) is 25.6 Å².